The van der Waals surface area contributed by atoms with Gasteiger partial charge in [0.1, 0.15) is 0 Å². The molecule has 4 nitrogen and oxygen atoms in total. The van der Waals surface area contributed by atoms with Crippen LogP contribution in [0.2, 0.25) is 5.02 Å². The van der Waals surface area contributed by atoms with E-state index < -0.39 is 0 Å². The van der Waals surface area contributed by atoms with E-state index in [0.29, 0.717) is 18.2 Å². The van der Waals surface area contributed by atoms with E-state index in [-0.39, 0.29) is 9.70 Å². The number of aromatic nitrogens is 2. The Morgan fingerprint density at radius 2 is 2.12 bits per heavy atom. The van der Waals surface area contributed by atoms with Crippen molar-refractivity contribution in [2.24, 2.45) is 0 Å². The van der Waals surface area contributed by atoms with Gasteiger partial charge in [-0.2, -0.15) is 0 Å². The Labute approximate surface area is 156 Å². The van der Waals surface area contributed by atoms with Gasteiger partial charge in [0.05, 0.1) is 30.2 Å². The molecule has 1 aromatic heterocycles. The van der Waals surface area contributed by atoms with E-state index in [9.17, 15) is 4.79 Å². The van der Waals surface area contributed by atoms with Crippen molar-refractivity contribution in [1.82, 2.24) is 9.55 Å². The lowest BCUT2D eigenvalue weighted by atomic mass is 10.1. The third-order valence-electron chi connectivity index (χ3n) is 3.37. The summed E-state index contributed by atoms with van der Waals surface area (Å²) in [6, 6.07) is 7.60. The summed E-state index contributed by atoms with van der Waals surface area (Å²) in [6.45, 7) is 3.41. The van der Waals surface area contributed by atoms with E-state index in [1.807, 2.05) is 35.0 Å². The molecule has 0 saturated carbocycles. The SMILES string of the molecule is CCCCCOSC(=O)SC(Cn1ccnc1)c1ccc(Cl)cc1. The third-order valence-corrected chi connectivity index (χ3v) is 5.44. The van der Waals surface area contributed by atoms with Crippen LogP contribution in [0.3, 0.4) is 0 Å². The summed E-state index contributed by atoms with van der Waals surface area (Å²) >= 11 is 8.17. The number of unbranched alkanes of at least 4 members (excludes halogenated alkanes) is 2. The highest BCUT2D eigenvalue weighted by Gasteiger charge is 2.18. The predicted octanol–water partition coefficient (Wildman–Crippen LogP) is 5.99. The first-order valence-corrected chi connectivity index (χ1v) is 9.90. The highest BCUT2D eigenvalue weighted by atomic mass is 35.5. The van der Waals surface area contributed by atoms with Gasteiger partial charge in [0.25, 0.3) is 4.45 Å². The minimum absolute atomic E-state index is 0.0179. The lowest BCUT2D eigenvalue weighted by molar-refractivity contribution is 0.273. The molecule has 2 rings (SSSR count). The number of thioether (sulfide) groups is 1. The van der Waals surface area contributed by atoms with Crippen molar-refractivity contribution in [1.29, 1.82) is 0 Å². The summed E-state index contributed by atoms with van der Waals surface area (Å²) in [4.78, 5) is 16.3. The highest BCUT2D eigenvalue weighted by molar-refractivity contribution is 8.36. The summed E-state index contributed by atoms with van der Waals surface area (Å²) in [5.41, 5.74) is 1.05. The van der Waals surface area contributed by atoms with Crippen molar-refractivity contribution in [2.75, 3.05) is 6.61 Å². The lowest BCUT2D eigenvalue weighted by Gasteiger charge is -2.16. The maximum absolute atomic E-state index is 12.2. The quantitative estimate of drug-likeness (QED) is 0.392. The van der Waals surface area contributed by atoms with Crippen molar-refractivity contribution in [2.45, 2.75) is 38.0 Å². The second kappa shape index (κ2) is 10.8. The number of carbonyl (C=O) groups is 1. The summed E-state index contributed by atoms with van der Waals surface area (Å²) in [5, 5.41) is 0.667. The molecule has 0 N–H and O–H groups in total. The third kappa shape index (κ3) is 6.89. The van der Waals surface area contributed by atoms with Crippen molar-refractivity contribution in [3.8, 4) is 0 Å². The van der Waals surface area contributed by atoms with Gasteiger partial charge in [-0.05, 0) is 24.1 Å². The van der Waals surface area contributed by atoms with Crippen molar-refractivity contribution in [3.63, 3.8) is 0 Å². The molecule has 0 saturated heterocycles. The van der Waals surface area contributed by atoms with Crippen molar-refractivity contribution in [3.05, 3.63) is 53.6 Å². The minimum Gasteiger partial charge on any atom is -0.336 e. The van der Waals surface area contributed by atoms with E-state index in [4.69, 9.17) is 15.8 Å². The van der Waals surface area contributed by atoms with E-state index in [1.165, 1.54) is 11.8 Å². The number of hydrogen-bond donors (Lipinski definition) is 0. The van der Waals surface area contributed by atoms with Crippen LogP contribution in [0.1, 0.15) is 37.0 Å². The van der Waals surface area contributed by atoms with Gasteiger partial charge >= 0.3 is 0 Å². The van der Waals surface area contributed by atoms with Crippen molar-refractivity contribution >= 4 is 39.9 Å². The first-order valence-electron chi connectivity index (χ1n) is 7.90. The molecule has 1 aromatic carbocycles. The van der Waals surface area contributed by atoms with E-state index in [0.717, 1.165) is 36.9 Å². The monoisotopic (exact) mass is 384 g/mol. The van der Waals surface area contributed by atoms with E-state index in [2.05, 4.69) is 11.9 Å². The zero-order valence-corrected chi connectivity index (χ0v) is 15.9. The Bertz CT molecular complexity index is 606. The molecule has 0 aliphatic carbocycles. The number of rotatable bonds is 9. The van der Waals surface area contributed by atoms with Gasteiger partial charge in [-0.25, -0.2) is 4.98 Å². The molecule has 0 aliphatic rings. The molecule has 7 heteroatoms. The summed E-state index contributed by atoms with van der Waals surface area (Å²) < 4.78 is 7.32. The van der Waals surface area contributed by atoms with Crippen LogP contribution in [0.25, 0.3) is 0 Å². The topological polar surface area (TPSA) is 44.1 Å². The molecule has 130 valence electrons. The Morgan fingerprint density at radius 1 is 1.33 bits per heavy atom. The molecule has 1 unspecified atom stereocenters. The predicted molar refractivity (Wildman–Crippen MR) is 102 cm³/mol. The molecule has 0 radical (unpaired) electrons. The smallest absolute Gasteiger partial charge is 0.273 e. The molecular formula is C17H21ClN2O2S2. The number of halogens is 1. The van der Waals surface area contributed by atoms with Crippen LogP contribution in [0, 0.1) is 0 Å². The molecule has 0 amide bonds. The maximum Gasteiger partial charge on any atom is 0.273 e. The zero-order valence-electron chi connectivity index (χ0n) is 13.6. The van der Waals surface area contributed by atoms with E-state index in [1.54, 1.807) is 12.5 Å². The van der Waals surface area contributed by atoms with Gasteiger partial charge in [0, 0.05) is 24.0 Å². The maximum atomic E-state index is 12.2. The van der Waals surface area contributed by atoms with Crippen LogP contribution >= 0.6 is 35.4 Å². The second-order valence-corrected chi connectivity index (χ2v) is 7.92. The molecule has 2 aromatic rings. The molecule has 0 spiro atoms. The Morgan fingerprint density at radius 3 is 2.79 bits per heavy atom. The molecular weight excluding hydrogens is 364 g/mol. The molecule has 0 fully saturated rings. The second-order valence-electron chi connectivity index (χ2n) is 5.28. The van der Waals surface area contributed by atoms with Gasteiger partial charge in [0.2, 0.25) is 0 Å². The molecule has 0 aliphatic heterocycles. The van der Waals surface area contributed by atoms with Gasteiger partial charge in [0.15, 0.2) is 0 Å². The number of carbonyl (C=O) groups excluding carboxylic acids is 1. The van der Waals surface area contributed by atoms with Crippen LogP contribution in [-0.4, -0.2) is 20.6 Å². The Hall–Kier alpha value is -0.950. The number of hydrogen-bond acceptors (Lipinski definition) is 5. The summed E-state index contributed by atoms with van der Waals surface area (Å²) in [7, 11) is 0. The highest BCUT2D eigenvalue weighted by Crippen LogP contribution is 2.35. The van der Waals surface area contributed by atoms with E-state index >= 15 is 0 Å². The Kier molecular flexibility index (Phi) is 8.74. The van der Waals surface area contributed by atoms with Gasteiger partial charge in [-0.3, -0.25) is 4.79 Å². The Balaban J connectivity index is 1.92. The minimum atomic E-state index is -0.0356. The molecule has 1 heterocycles. The summed E-state index contributed by atoms with van der Waals surface area (Å²) in [6.07, 6.45) is 8.62. The fourth-order valence-electron chi connectivity index (χ4n) is 2.11. The normalized spacial score (nSPS) is 12.2. The van der Waals surface area contributed by atoms with Crippen molar-refractivity contribution < 1.29 is 8.98 Å². The standard InChI is InChI=1S/C17H21ClN2O2S2/c1-2-3-4-11-22-24-17(21)23-16(12-20-10-9-19-13-20)14-5-7-15(18)8-6-14/h5-10,13,16H,2-4,11-12H2,1H3. The van der Waals surface area contributed by atoms with Crippen LogP contribution in [0.4, 0.5) is 4.79 Å². The average Bonchev–Trinajstić information content (AvgIpc) is 3.08. The number of nitrogens with zero attached hydrogens (tertiary/aromatic N) is 2. The van der Waals surface area contributed by atoms with Crippen LogP contribution < -0.4 is 0 Å². The largest absolute Gasteiger partial charge is 0.336 e. The summed E-state index contributed by atoms with van der Waals surface area (Å²) in [5.74, 6) is 0. The number of imidazole rings is 1. The zero-order chi connectivity index (χ0) is 17.2. The number of benzene rings is 1. The van der Waals surface area contributed by atoms with Gasteiger partial charge in [-0.15, -0.1) is 0 Å². The van der Waals surface area contributed by atoms with Gasteiger partial charge in [-0.1, -0.05) is 55.3 Å². The van der Waals surface area contributed by atoms with Crippen LogP contribution in [-0.2, 0) is 10.7 Å². The average molecular weight is 385 g/mol. The fraction of sp³-hybridized carbons (Fsp3) is 0.412. The lowest BCUT2D eigenvalue weighted by Crippen LogP contribution is -2.06. The molecule has 1 atom stereocenters. The molecule has 0 bridgehead atoms. The first kappa shape index (κ1) is 19.4. The van der Waals surface area contributed by atoms with Crippen LogP contribution in [0.15, 0.2) is 43.0 Å². The fourth-order valence-corrected chi connectivity index (χ4v) is 3.96. The van der Waals surface area contributed by atoms with Crippen LogP contribution in [0.5, 0.6) is 0 Å². The van der Waals surface area contributed by atoms with Gasteiger partial charge < -0.3 is 8.75 Å². The molecule has 24 heavy (non-hydrogen) atoms. The first-order chi connectivity index (χ1) is 11.7.